The molecular formula is C23H32N2O5S. The van der Waals surface area contributed by atoms with E-state index in [-0.39, 0.29) is 5.91 Å². The predicted octanol–water partition coefficient (Wildman–Crippen LogP) is 3.22. The van der Waals surface area contributed by atoms with Crippen LogP contribution >= 0.6 is 0 Å². The zero-order valence-corrected chi connectivity index (χ0v) is 19.9. The summed E-state index contributed by atoms with van der Waals surface area (Å²) >= 11 is 0. The molecule has 7 nitrogen and oxygen atoms in total. The van der Waals surface area contributed by atoms with Gasteiger partial charge in [0.05, 0.1) is 26.2 Å². The molecule has 0 saturated heterocycles. The number of hydrogen-bond donors (Lipinski definition) is 1. The minimum Gasteiger partial charge on any atom is -0.493 e. The van der Waals surface area contributed by atoms with Gasteiger partial charge in [0.25, 0.3) is 0 Å². The van der Waals surface area contributed by atoms with Crippen molar-refractivity contribution in [1.29, 1.82) is 0 Å². The molecule has 0 unspecified atom stereocenters. The van der Waals surface area contributed by atoms with E-state index in [9.17, 15) is 13.2 Å². The first-order valence-electron chi connectivity index (χ1n) is 10.1. The van der Waals surface area contributed by atoms with Gasteiger partial charge in [-0.3, -0.25) is 9.10 Å². The van der Waals surface area contributed by atoms with Crippen molar-refractivity contribution in [3.05, 3.63) is 53.1 Å². The first kappa shape index (κ1) is 24.5. The van der Waals surface area contributed by atoms with Gasteiger partial charge < -0.3 is 14.8 Å². The summed E-state index contributed by atoms with van der Waals surface area (Å²) in [6.45, 7) is 5.83. The maximum atomic E-state index is 12.7. The van der Waals surface area contributed by atoms with Gasteiger partial charge in [-0.2, -0.15) is 0 Å². The Morgan fingerprint density at radius 3 is 2.19 bits per heavy atom. The van der Waals surface area contributed by atoms with Gasteiger partial charge in [0.1, 0.15) is 6.04 Å². The van der Waals surface area contributed by atoms with E-state index in [1.54, 1.807) is 33.3 Å². The van der Waals surface area contributed by atoms with Gasteiger partial charge in [-0.05, 0) is 74.6 Å². The first-order chi connectivity index (χ1) is 14.6. The number of carbonyl (C=O) groups is 1. The molecule has 0 bridgehead atoms. The van der Waals surface area contributed by atoms with Gasteiger partial charge in [0.2, 0.25) is 15.9 Å². The van der Waals surface area contributed by atoms with E-state index in [0.29, 0.717) is 30.2 Å². The number of benzene rings is 2. The highest BCUT2D eigenvalue weighted by atomic mass is 32.2. The number of anilines is 1. The lowest BCUT2D eigenvalue weighted by Gasteiger charge is -2.28. The smallest absolute Gasteiger partial charge is 0.243 e. The van der Waals surface area contributed by atoms with Gasteiger partial charge >= 0.3 is 0 Å². The van der Waals surface area contributed by atoms with Gasteiger partial charge in [-0.1, -0.05) is 12.1 Å². The molecule has 2 aromatic carbocycles. The molecule has 8 heteroatoms. The van der Waals surface area contributed by atoms with E-state index < -0.39 is 16.1 Å². The van der Waals surface area contributed by atoms with E-state index in [4.69, 9.17) is 9.47 Å². The van der Waals surface area contributed by atoms with Crippen molar-refractivity contribution >= 4 is 21.6 Å². The number of aryl methyl sites for hydroxylation is 3. The third-order valence-corrected chi connectivity index (χ3v) is 6.18. The summed E-state index contributed by atoms with van der Waals surface area (Å²) in [5.41, 5.74) is 3.43. The van der Waals surface area contributed by atoms with Crippen LogP contribution < -0.4 is 19.1 Å². The van der Waals surface area contributed by atoms with Crippen LogP contribution in [0.25, 0.3) is 0 Å². The van der Waals surface area contributed by atoms with Crippen LogP contribution in [0.15, 0.2) is 36.4 Å². The lowest BCUT2D eigenvalue weighted by molar-refractivity contribution is -0.121. The first-order valence-corrected chi connectivity index (χ1v) is 12.0. The maximum Gasteiger partial charge on any atom is 0.243 e. The summed E-state index contributed by atoms with van der Waals surface area (Å²) in [7, 11) is -0.458. The lowest BCUT2D eigenvalue weighted by Crippen LogP contribution is -2.48. The number of amides is 1. The number of carbonyl (C=O) groups excluding carboxylic acids is 1. The van der Waals surface area contributed by atoms with Crippen LogP contribution in [0.2, 0.25) is 0 Å². The van der Waals surface area contributed by atoms with Crippen LogP contribution in [0.5, 0.6) is 11.5 Å². The third-order valence-electron chi connectivity index (χ3n) is 4.94. The summed E-state index contributed by atoms with van der Waals surface area (Å²) < 4.78 is 36.6. The molecule has 2 rings (SSSR count). The SMILES string of the molecule is COc1ccc(CCCNC(=O)[C@@H](C)N(c2cc(C)cc(C)c2)S(C)(=O)=O)cc1OC. The van der Waals surface area contributed by atoms with Crippen molar-refractivity contribution < 1.29 is 22.7 Å². The van der Waals surface area contributed by atoms with Gasteiger partial charge in [0, 0.05) is 6.54 Å². The van der Waals surface area contributed by atoms with Crippen molar-refractivity contribution in [2.45, 2.75) is 39.7 Å². The molecule has 0 heterocycles. The van der Waals surface area contributed by atoms with Crippen molar-refractivity contribution in [3.8, 4) is 11.5 Å². The van der Waals surface area contributed by atoms with E-state index in [0.717, 1.165) is 29.4 Å². The van der Waals surface area contributed by atoms with E-state index in [1.165, 1.54) is 4.31 Å². The lowest BCUT2D eigenvalue weighted by atomic mass is 10.1. The third kappa shape index (κ3) is 6.62. The molecule has 0 aliphatic heterocycles. The Labute approximate surface area is 185 Å². The number of rotatable bonds is 10. The second-order valence-corrected chi connectivity index (χ2v) is 9.52. The summed E-state index contributed by atoms with van der Waals surface area (Å²) in [5, 5.41) is 2.85. The average molecular weight is 449 g/mol. The van der Waals surface area contributed by atoms with Gasteiger partial charge in [0.15, 0.2) is 11.5 Å². The Morgan fingerprint density at radius 2 is 1.65 bits per heavy atom. The van der Waals surface area contributed by atoms with Crippen molar-refractivity contribution in [2.24, 2.45) is 0 Å². The predicted molar refractivity (Wildman–Crippen MR) is 124 cm³/mol. The van der Waals surface area contributed by atoms with Crippen LogP contribution in [0, 0.1) is 13.8 Å². The Hall–Kier alpha value is -2.74. The van der Waals surface area contributed by atoms with Gasteiger partial charge in [-0.15, -0.1) is 0 Å². The van der Waals surface area contributed by atoms with E-state index in [2.05, 4.69) is 5.32 Å². The molecule has 170 valence electrons. The fraction of sp³-hybridized carbons (Fsp3) is 0.435. The monoisotopic (exact) mass is 448 g/mol. The van der Waals surface area contributed by atoms with Crippen molar-refractivity contribution in [2.75, 3.05) is 31.3 Å². The highest BCUT2D eigenvalue weighted by molar-refractivity contribution is 7.92. The molecule has 1 N–H and O–H groups in total. The summed E-state index contributed by atoms with van der Waals surface area (Å²) in [6.07, 6.45) is 2.56. The molecule has 0 fully saturated rings. The molecule has 0 spiro atoms. The Morgan fingerprint density at radius 1 is 1.03 bits per heavy atom. The van der Waals surface area contributed by atoms with Crippen LogP contribution in [0.1, 0.15) is 30.0 Å². The summed E-state index contributed by atoms with van der Waals surface area (Å²) in [4.78, 5) is 12.7. The van der Waals surface area contributed by atoms with E-state index in [1.807, 2.05) is 38.1 Å². The van der Waals surface area contributed by atoms with Crippen molar-refractivity contribution in [1.82, 2.24) is 5.32 Å². The standard InChI is InChI=1S/C23H32N2O5S/c1-16-12-17(2)14-20(13-16)25(31(6,27)28)18(3)23(26)24-11-7-8-19-9-10-21(29-4)22(15-19)30-5/h9-10,12-15,18H,7-8,11H2,1-6H3,(H,24,26)/t18-/m1/s1. The number of hydrogen-bond acceptors (Lipinski definition) is 5. The zero-order valence-electron chi connectivity index (χ0n) is 19.1. The Balaban J connectivity index is 2.01. The molecule has 0 aliphatic carbocycles. The molecule has 2 aromatic rings. The molecule has 0 saturated carbocycles. The quantitative estimate of drug-likeness (QED) is 0.564. The fourth-order valence-electron chi connectivity index (χ4n) is 3.57. The van der Waals surface area contributed by atoms with E-state index >= 15 is 0 Å². The number of ether oxygens (including phenoxy) is 2. The summed E-state index contributed by atoms with van der Waals surface area (Å²) in [5.74, 6) is 0.993. The maximum absolute atomic E-state index is 12.7. The molecule has 31 heavy (non-hydrogen) atoms. The fourth-order valence-corrected chi connectivity index (χ4v) is 4.73. The normalized spacial score (nSPS) is 12.2. The topological polar surface area (TPSA) is 84.9 Å². The largest absolute Gasteiger partial charge is 0.493 e. The molecular weight excluding hydrogens is 416 g/mol. The van der Waals surface area contributed by atoms with Crippen LogP contribution in [-0.2, 0) is 21.2 Å². The average Bonchev–Trinajstić information content (AvgIpc) is 2.69. The van der Waals surface area contributed by atoms with Crippen LogP contribution in [-0.4, -0.2) is 47.4 Å². The number of sulfonamides is 1. The number of nitrogens with zero attached hydrogens (tertiary/aromatic N) is 1. The molecule has 0 aromatic heterocycles. The summed E-state index contributed by atoms with van der Waals surface area (Å²) in [6, 6.07) is 10.4. The highest BCUT2D eigenvalue weighted by Crippen LogP contribution is 2.28. The van der Waals surface area contributed by atoms with Crippen LogP contribution in [0.3, 0.4) is 0 Å². The van der Waals surface area contributed by atoms with Crippen molar-refractivity contribution in [3.63, 3.8) is 0 Å². The Kier molecular flexibility index (Phi) is 8.33. The number of nitrogens with one attached hydrogen (secondary N) is 1. The number of methoxy groups -OCH3 is 2. The van der Waals surface area contributed by atoms with Crippen LogP contribution in [0.4, 0.5) is 5.69 Å². The molecule has 0 radical (unpaired) electrons. The highest BCUT2D eigenvalue weighted by Gasteiger charge is 2.29. The molecule has 1 atom stereocenters. The minimum atomic E-state index is -3.64. The minimum absolute atomic E-state index is 0.336. The Bertz CT molecular complexity index is 1000. The zero-order chi connectivity index (χ0) is 23.2. The second kappa shape index (κ2) is 10.5. The van der Waals surface area contributed by atoms with Gasteiger partial charge in [-0.25, -0.2) is 8.42 Å². The second-order valence-electron chi connectivity index (χ2n) is 7.66. The molecule has 0 aliphatic rings. The molecule has 1 amide bonds.